The van der Waals surface area contributed by atoms with Gasteiger partial charge in [0.05, 0.1) is 24.5 Å². The van der Waals surface area contributed by atoms with E-state index < -0.39 is 11.9 Å². The Morgan fingerprint density at radius 2 is 2.08 bits per heavy atom. The minimum atomic E-state index is -0.806. The molecule has 9 nitrogen and oxygen atoms in total. The maximum Gasteiger partial charge on any atom is 0.290 e. The molecule has 2 amide bonds. The van der Waals surface area contributed by atoms with Crippen LogP contribution in [0.3, 0.4) is 0 Å². The first-order valence-corrected chi connectivity index (χ1v) is 12.1. The summed E-state index contributed by atoms with van der Waals surface area (Å²) >= 11 is 1.15. The van der Waals surface area contributed by atoms with E-state index in [1.165, 1.54) is 24.3 Å². The molecule has 1 aliphatic heterocycles. The molecule has 0 unspecified atom stereocenters. The molecule has 6 rings (SSSR count). The molecular weight excluding hydrogens is 483 g/mol. The highest BCUT2D eigenvalue weighted by atomic mass is 32.1. The fourth-order valence-electron chi connectivity index (χ4n) is 4.76. The number of benzene rings is 2. The Bertz CT molecular complexity index is 1620. The molecule has 0 fully saturated rings. The van der Waals surface area contributed by atoms with Gasteiger partial charge in [-0.1, -0.05) is 6.07 Å². The molecule has 0 spiro atoms. The van der Waals surface area contributed by atoms with E-state index in [0.717, 1.165) is 28.4 Å². The van der Waals surface area contributed by atoms with Crippen molar-refractivity contribution in [3.05, 3.63) is 77.1 Å². The van der Waals surface area contributed by atoms with Gasteiger partial charge in [0.1, 0.15) is 22.9 Å². The molecule has 1 atom stereocenters. The van der Waals surface area contributed by atoms with E-state index in [-0.39, 0.29) is 30.5 Å². The number of amides is 2. The number of hydrogen-bond donors (Lipinski definition) is 3. The van der Waals surface area contributed by atoms with Gasteiger partial charge in [0.2, 0.25) is 5.91 Å². The Balaban J connectivity index is 1.29. The fourth-order valence-corrected chi connectivity index (χ4v) is 5.28. The summed E-state index contributed by atoms with van der Waals surface area (Å²) in [5.41, 5.74) is 5.17. The summed E-state index contributed by atoms with van der Waals surface area (Å²) < 4.78 is 28.7. The molecule has 1 aliphatic rings. The van der Waals surface area contributed by atoms with E-state index in [9.17, 15) is 14.0 Å². The smallest absolute Gasteiger partial charge is 0.290 e. The van der Waals surface area contributed by atoms with Crippen molar-refractivity contribution in [2.24, 2.45) is 0 Å². The number of carbonyl (C=O) groups excluding carboxylic acids is 2. The van der Waals surface area contributed by atoms with Gasteiger partial charge in [0.15, 0.2) is 5.76 Å². The summed E-state index contributed by atoms with van der Waals surface area (Å²) in [5.74, 6) is -0.935. The lowest BCUT2D eigenvalue weighted by atomic mass is 9.95. The molecule has 3 N–H and O–H groups in total. The van der Waals surface area contributed by atoms with Gasteiger partial charge in [-0.2, -0.15) is 8.75 Å². The van der Waals surface area contributed by atoms with Crippen LogP contribution in [0, 0.1) is 5.82 Å². The molecule has 0 bridgehead atoms. The number of nitrogens with one attached hydrogen (secondary N) is 3. The number of nitrogens with zero attached hydrogens (tertiary/aromatic N) is 3. The first-order valence-electron chi connectivity index (χ1n) is 11.4. The van der Waals surface area contributed by atoms with Crippen LogP contribution in [0.25, 0.3) is 21.9 Å². The standard InChI is InChI=1S/C25H21FN6O3S/c1-27-24(33)21-10-15-20(29-18-4-2-3-16(26)22(15)18)12-32(21)25(34)23-13(7-8-35-23)11-28-14-5-6-17-19(9-14)31-36-30-17/h2-9,21,28-29H,10-12H2,1H3,(H,27,33)/t21-/m1/s1. The molecule has 0 saturated heterocycles. The van der Waals surface area contributed by atoms with E-state index in [1.807, 2.05) is 18.2 Å². The van der Waals surface area contributed by atoms with Crippen molar-refractivity contribution in [1.82, 2.24) is 23.9 Å². The highest BCUT2D eigenvalue weighted by molar-refractivity contribution is 7.00. The zero-order valence-corrected chi connectivity index (χ0v) is 20.0. The maximum absolute atomic E-state index is 14.6. The number of aromatic nitrogens is 3. The van der Waals surface area contributed by atoms with Gasteiger partial charge < -0.3 is 24.9 Å². The number of fused-ring (bicyclic) bond motifs is 4. The first kappa shape index (κ1) is 22.2. The summed E-state index contributed by atoms with van der Waals surface area (Å²) in [7, 11) is 1.52. The Kier molecular flexibility index (Phi) is 5.41. The molecule has 11 heteroatoms. The molecule has 4 heterocycles. The highest BCUT2D eigenvalue weighted by Gasteiger charge is 2.38. The molecule has 0 saturated carbocycles. The van der Waals surface area contributed by atoms with Crippen molar-refractivity contribution in [3.63, 3.8) is 0 Å². The lowest BCUT2D eigenvalue weighted by Gasteiger charge is -2.34. The molecule has 2 aromatic carbocycles. The summed E-state index contributed by atoms with van der Waals surface area (Å²) in [5, 5.41) is 6.39. The average molecular weight is 505 g/mol. The number of anilines is 1. The van der Waals surface area contributed by atoms with Crippen LogP contribution in [0.1, 0.15) is 27.4 Å². The number of hydrogen-bond acceptors (Lipinski definition) is 7. The molecule has 3 aromatic heterocycles. The third kappa shape index (κ3) is 3.68. The van der Waals surface area contributed by atoms with Gasteiger partial charge in [0.25, 0.3) is 5.91 Å². The molecular formula is C25H21FN6O3S. The van der Waals surface area contributed by atoms with E-state index in [1.54, 1.807) is 18.2 Å². The van der Waals surface area contributed by atoms with Crippen molar-refractivity contribution in [2.75, 3.05) is 12.4 Å². The quantitative estimate of drug-likeness (QED) is 0.335. The normalized spacial score (nSPS) is 15.3. The number of H-pyrrole nitrogens is 1. The summed E-state index contributed by atoms with van der Waals surface area (Å²) in [4.78, 5) is 31.2. The van der Waals surface area contributed by atoms with Crippen molar-refractivity contribution in [2.45, 2.75) is 25.6 Å². The molecule has 36 heavy (non-hydrogen) atoms. The van der Waals surface area contributed by atoms with Crippen molar-refractivity contribution >= 4 is 51.2 Å². The van der Waals surface area contributed by atoms with Gasteiger partial charge in [-0.3, -0.25) is 9.59 Å². The summed E-state index contributed by atoms with van der Waals surface area (Å²) in [6.45, 7) is 0.462. The van der Waals surface area contributed by atoms with Crippen LogP contribution in [-0.2, 0) is 24.3 Å². The second-order valence-electron chi connectivity index (χ2n) is 8.61. The predicted octanol–water partition coefficient (Wildman–Crippen LogP) is 3.83. The van der Waals surface area contributed by atoms with Crippen LogP contribution < -0.4 is 10.6 Å². The van der Waals surface area contributed by atoms with Gasteiger partial charge >= 0.3 is 0 Å². The van der Waals surface area contributed by atoms with Crippen molar-refractivity contribution in [1.29, 1.82) is 0 Å². The number of furan rings is 1. The van der Waals surface area contributed by atoms with Crippen molar-refractivity contribution in [3.8, 4) is 0 Å². The van der Waals surface area contributed by atoms with Crippen LogP contribution >= 0.6 is 11.7 Å². The number of aromatic amines is 1. The molecule has 0 radical (unpaired) electrons. The van der Waals surface area contributed by atoms with Gasteiger partial charge in [-0.05, 0) is 42.0 Å². The maximum atomic E-state index is 14.6. The Morgan fingerprint density at radius 1 is 1.22 bits per heavy atom. The van der Waals surface area contributed by atoms with Crippen molar-refractivity contribution < 1.29 is 18.4 Å². The molecule has 182 valence electrons. The monoisotopic (exact) mass is 504 g/mol. The van der Waals surface area contributed by atoms with Crippen LogP contribution in [0.15, 0.2) is 53.1 Å². The lowest BCUT2D eigenvalue weighted by molar-refractivity contribution is -0.125. The van der Waals surface area contributed by atoms with E-state index >= 15 is 0 Å². The number of carbonyl (C=O) groups is 2. The van der Waals surface area contributed by atoms with E-state index in [0.29, 0.717) is 34.3 Å². The van der Waals surface area contributed by atoms with Crippen LogP contribution in [0.2, 0.25) is 0 Å². The van der Waals surface area contributed by atoms with Crippen LogP contribution in [-0.4, -0.2) is 43.5 Å². The second-order valence-corrected chi connectivity index (χ2v) is 9.14. The lowest BCUT2D eigenvalue weighted by Crippen LogP contribution is -2.52. The Hall–Kier alpha value is -4.25. The van der Waals surface area contributed by atoms with Gasteiger partial charge in [0, 0.05) is 47.9 Å². The zero-order valence-electron chi connectivity index (χ0n) is 19.2. The average Bonchev–Trinajstić information content (AvgIpc) is 3.63. The Labute approximate surface area is 208 Å². The van der Waals surface area contributed by atoms with E-state index in [2.05, 4.69) is 24.4 Å². The number of rotatable bonds is 5. The minimum absolute atomic E-state index is 0.126. The van der Waals surface area contributed by atoms with Gasteiger partial charge in [-0.25, -0.2) is 4.39 Å². The zero-order chi connectivity index (χ0) is 24.8. The minimum Gasteiger partial charge on any atom is -0.459 e. The Morgan fingerprint density at radius 3 is 2.94 bits per heavy atom. The summed E-state index contributed by atoms with van der Waals surface area (Å²) in [6.07, 6.45) is 1.65. The SMILES string of the molecule is CNC(=O)[C@H]1Cc2c([nH]c3cccc(F)c23)CN1C(=O)c1occc1CNc1ccc2nsnc2c1. The molecule has 0 aliphatic carbocycles. The molecule has 5 aromatic rings. The second kappa shape index (κ2) is 8.76. The number of likely N-dealkylation sites (N-methyl/N-ethyl adjacent to an activating group) is 1. The number of halogens is 1. The third-order valence-corrected chi connectivity index (χ3v) is 7.11. The van der Waals surface area contributed by atoms with Gasteiger partial charge in [-0.15, -0.1) is 0 Å². The third-order valence-electron chi connectivity index (χ3n) is 6.56. The largest absolute Gasteiger partial charge is 0.459 e. The fraction of sp³-hybridized carbons (Fsp3) is 0.200. The highest BCUT2D eigenvalue weighted by Crippen LogP contribution is 2.33. The van der Waals surface area contributed by atoms with E-state index in [4.69, 9.17) is 4.42 Å². The van der Waals surface area contributed by atoms with Crippen LogP contribution in [0.5, 0.6) is 0 Å². The topological polar surface area (TPSA) is 116 Å². The van der Waals surface area contributed by atoms with Crippen LogP contribution in [0.4, 0.5) is 10.1 Å². The summed E-state index contributed by atoms with van der Waals surface area (Å²) in [6, 6.07) is 11.4. The predicted molar refractivity (Wildman–Crippen MR) is 133 cm³/mol. The first-order chi connectivity index (χ1) is 17.5.